The molecule has 3 aromatic rings. The van der Waals surface area contributed by atoms with E-state index in [2.05, 4.69) is 15.1 Å². The molecule has 0 saturated carbocycles. The molecule has 3 heterocycles. The Bertz CT molecular complexity index is 757. The molecule has 3 rings (SSSR count). The SMILES string of the molecule is Nc1cc(CO)ccn1.Nc1cnn(Cc2ccnc(N)c2)c1. The maximum Gasteiger partial charge on any atom is 0.123 e. The Kier molecular flexibility index (Phi) is 5.48. The molecule has 0 saturated heterocycles. The summed E-state index contributed by atoms with van der Waals surface area (Å²) >= 11 is 0. The van der Waals surface area contributed by atoms with Crippen LogP contribution in [0.4, 0.5) is 17.3 Å². The van der Waals surface area contributed by atoms with Gasteiger partial charge in [0.05, 0.1) is 25.0 Å². The van der Waals surface area contributed by atoms with Crippen LogP contribution in [0.15, 0.2) is 49.1 Å². The first-order valence-corrected chi connectivity index (χ1v) is 6.86. The van der Waals surface area contributed by atoms with Crippen molar-refractivity contribution in [1.82, 2.24) is 19.7 Å². The first kappa shape index (κ1) is 16.2. The highest BCUT2D eigenvalue weighted by Crippen LogP contribution is 2.06. The molecule has 3 aromatic heterocycles. The lowest BCUT2D eigenvalue weighted by Gasteiger charge is -2.01. The van der Waals surface area contributed by atoms with Crippen LogP contribution in [0.2, 0.25) is 0 Å². The van der Waals surface area contributed by atoms with Gasteiger partial charge in [0.2, 0.25) is 0 Å². The number of hydrogen-bond acceptors (Lipinski definition) is 7. The Morgan fingerprint density at radius 2 is 1.57 bits per heavy atom. The van der Waals surface area contributed by atoms with E-state index in [0.717, 1.165) is 11.1 Å². The zero-order chi connectivity index (χ0) is 16.7. The number of nitrogens with zero attached hydrogens (tertiary/aromatic N) is 4. The lowest BCUT2D eigenvalue weighted by Crippen LogP contribution is -2.01. The van der Waals surface area contributed by atoms with Gasteiger partial charge in [-0.15, -0.1) is 0 Å². The average Bonchev–Trinajstić information content (AvgIpc) is 2.93. The lowest BCUT2D eigenvalue weighted by atomic mass is 10.2. The van der Waals surface area contributed by atoms with E-state index < -0.39 is 0 Å². The predicted molar refractivity (Wildman–Crippen MR) is 89.0 cm³/mol. The summed E-state index contributed by atoms with van der Waals surface area (Å²) in [5, 5.41) is 12.6. The van der Waals surface area contributed by atoms with Crippen LogP contribution in [0.5, 0.6) is 0 Å². The number of aromatic nitrogens is 4. The number of nitrogen functional groups attached to an aromatic ring is 3. The summed E-state index contributed by atoms with van der Waals surface area (Å²) in [6.07, 6.45) is 6.64. The Morgan fingerprint density at radius 3 is 2.04 bits per heavy atom. The van der Waals surface area contributed by atoms with Crippen molar-refractivity contribution in [3.8, 4) is 0 Å². The van der Waals surface area contributed by atoms with Gasteiger partial charge < -0.3 is 22.3 Å². The Balaban J connectivity index is 0.000000185. The number of hydrogen-bond donors (Lipinski definition) is 4. The van der Waals surface area contributed by atoms with E-state index in [1.807, 2.05) is 12.1 Å². The number of rotatable bonds is 3. The summed E-state index contributed by atoms with van der Waals surface area (Å²) in [5.41, 5.74) is 18.9. The molecule has 0 aliphatic carbocycles. The molecule has 0 fully saturated rings. The van der Waals surface area contributed by atoms with Crippen LogP contribution < -0.4 is 17.2 Å². The number of nitrogens with two attached hydrogens (primary N) is 3. The van der Waals surface area contributed by atoms with E-state index in [9.17, 15) is 0 Å². The highest BCUT2D eigenvalue weighted by atomic mass is 16.3. The highest BCUT2D eigenvalue weighted by molar-refractivity contribution is 5.33. The van der Waals surface area contributed by atoms with Crippen molar-refractivity contribution in [1.29, 1.82) is 0 Å². The molecule has 0 spiro atoms. The maximum atomic E-state index is 8.58. The fourth-order valence-corrected chi connectivity index (χ4v) is 1.84. The molecule has 0 amide bonds. The largest absolute Gasteiger partial charge is 0.396 e. The Hall–Kier alpha value is -3.13. The van der Waals surface area contributed by atoms with Crippen molar-refractivity contribution in [2.24, 2.45) is 0 Å². The molecule has 0 aliphatic heterocycles. The van der Waals surface area contributed by atoms with Gasteiger partial charge in [-0.25, -0.2) is 9.97 Å². The summed E-state index contributed by atoms with van der Waals surface area (Å²) in [6, 6.07) is 7.07. The third-order valence-electron chi connectivity index (χ3n) is 2.87. The summed E-state index contributed by atoms with van der Waals surface area (Å²) < 4.78 is 1.75. The summed E-state index contributed by atoms with van der Waals surface area (Å²) in [4.78, 5) is 7.66. The second kappa shape index (κ2) is 7.76. The van der Waals surface area contributed by atoms with Crippen LogP contribution in [-0.2, 0) is 13.2 Å². The minimum Gasteiger partial charge on any atom is -0.396 e. The first-order valence-electron chi connectivity index (χ1n) is 6.86. The molecular formula is C15H19N7O. The Labute approximate surface area is 133 Å². The normalized spacial score (nSPS) is 9.96. The van der Waals surface area contributed by atoms with Crippen LogP contribution in [0.1, 0.15) is 11.1 Å². The van der Waals surface area contributed by atoms with Gasteiger partial charge in [-0.05, 0) is 35.4 Å². The molecule has 0 aromatic carbocycles. The lowest BCUT2D eigenvalue weighted by molar-refractivity contribution is 0.282. The van der Waals surface area contributed by atoms with Crippen LogP contribution in [-0.4, -0.2) is 24.9 Å². The molecular weight excluding hydrogens is 294 g/mol. The second-order valence-corrected chi connectivity index (χ2v) is 4.81. The minimum absolute atomic E-state index is 0.0206. The molecule has 0 radical (unpaired) electrons. The maximum absolute atomic E-state index is 8.58. The van der Waals surface area contributed by atoms with Crippen molar-refractivity contribution in [3.63, 3.8) is 0 Å². The minimum atomic E-state index is 0.0206. The zero-order valence-corrected chi connectivity index (χ0v) is 12.5. The number of aliphatic hydroxyl groups is 1. The fourth-order valence-electron chi connectivity index (χ4n) is 1.84. The van der Waals surface area contributed by atoms with E-state index in [-0.39, 0.29) is 6.61 Å². The smallest absolute Gasteiger partial charge is 0.123 e. The van der Waals surface area contributed by atoms with Crippen LogP contribution in [0.3, 0.4) is 0 Å². The van der Waals surface area contributed by atoms with Crippen molar-refractivity contribution in [2.75, 3.05) is 17.2 Å². The van der Waals surface area contributed by atoms with Crippen LogP contribution in [0.25, 0.3) is 0 Å². The van der Waals surface area contributed by atoms with Crippen molar-refractivity contribution < 1.29 is 5.11 Å². The van der Waals surface area contributed by atoms with Crippen LogP contribution in [0, 0.1) is 0 Å². The van der Waals surface area contributed by atoms with E-state index >= 15 is 0 Å². The van der Waals surface area contributed by atoms with Gasteiger partial charge in [0.25, 0.3) is 0 Å². The summed E-state index contributed by atoms with van der Waals surface area (Å²) in [5.74, 6) is 0.962. The Morgan fingerprint density at radius 1 is 0.957 bits per heavy atom. The van der Waals surface area contributed by atoms with Crippen LogP contribution >= 0.6 is 0 Å². The van der Waals surface area contributed by atoms with E-state index in [1.165, 1.54) is 0 Å². The van der Waals surface area contributed by atoms with Gasteiger partial charge in [-0.1, -0.05) is 0 Å². The first-order chi connectivity index (χ1) is 11.1. The van der Waals surface area contributed by atoms with Gasteiger partial charge in [-0.3, -0.25) is 4.68 Å². The van der Waals surface area contributed by atoms with E-state index in [1.54, 1.807) is 41.6 Å². The molecule has 23 heavy (non-hydrogen) atoms. The quantitative estimate of drug-likeness (QED) is 0.556. The average molecular weight is 313 g/mol. The van der Waals surface area contributed by atoms with Crippen molar-refractivity contribution in [3.05, 3.63) is 60.2 Å². The van der Waals surface area contributed by atoms with Crippen molar-refractivity contribution in [2.45, 2.75) is 13.2 Å². The molecule has 0 unspecified atom stereocenters. The molecule has 120 valence electrons. The monoisotopic (exact) mass is 313 g/mol. The van der Waals surface area contributed by atoms with Gasteiger partial charge in [0, 0.05) is 18.6 Å². The summed E-state index contributed by atoms with van der Waals surface area (Å²) in [7, 11) is 0. The predicted octanol–water partition coefficient (Wildman–Crippen LogP) is 0.647. The van der Waals surface area contributed by atoms with Crippen molar-refractivity contribution >= 4 is 17.3 Å². The number of aliphatic hydroxyl groups excluding tert-OH is 1. The summed E-state index contributed by atoms with van der Waals surface area (Å²) in [6.45, 7) is 0.677. The van der Waals surface area contributed by atoms with E-state index in [0.29, 0.717) is 23.9 Å². The zero-order valence-electron chi connectivity index (χ0n) is 12.5. The second-order valence-electron chi connectivity index (χ2n) is 4.81. The highest BCUT2D eigenvalue weighted by Gasteiger charge is 1.97. The molecule has 0 atom stereocenters. The molecule has 7 N–H and O–H groups in total. The molecule has 8 heteroatoms. The third-order valence-corrected chi connectivity index (χ3v) is 2.87. The number of pyridine rings is 2. The molecule has 8 nitrogen and oxygen atoms in total. The topological polar surface area (TPSA) is 142 Å². The third kappa shape index (κ3) is 5.29. The van der Waals surface area contributed by atoms with Gasteiger partial charge in [0.15, 0.2) is 0 Å². The van der Waals surface area contributed by atoms with Gasteiger partial charge in [-0.2, -0.15) is 5.10 Å². The fraction of sp³-hybridized carbons (Fsp3) is 0.133. The van der Waals surface area contributed by atoms with E-state index in [4.69, 9.17) is 22.3 Å². The molecule has 0 bridgehead atoms. The van der Waals surface area contributed by atoms with Gasteiger partial charge in [0.1, 0.15) is 11.6 Å². The van der Waals surface area contributed by atoms with Gasteiger partial charge >= 0.3 is 0 Å². The molecule has 0 aliphatic rings. The number of anilines is 3. The standard InChI is InChI=1S/C9H11N5.C6H8N2O/c10-8-4-13-14(6-8)5-7-1-2-12-9(11)3-7;7-6-3-5(4-9)1-2-8-6/h1-4,6H,5,10H2,(H2,11,12);1-3,9H,4H2,(H2,7,8).